The van der Waals surface area contributed by atoms with Crippen molar-refractivity contribution in [3.63, 3.8) is 0 Å². The van der Waals surface area contributed by atoms with Crippen molar-refractivity contribution in [2.45, 2.75) is 18.9 Å². The third-order valence-electron chi connectivity index (χ3n) is 3.06. The first-order chi connectivity index (χ1) is 9.19. The SMILES string of the molecule is NNC(Cc1ccc(I)cc1)Cc1ccccc1Br. The maximum Gasteiger partial charge on any atom is 0.0291 e. The molecule has 2 aromatic rings. The third-order valence-corrected chi connectivity index (χ3v) is 4.55. The van der Waals surface area contributed by atoms with Crippen molar-refractivity contribution in [3.8, 4) is 0 Å². The van der Waals surface area contributed by atoms with Gasteiger partial charge in [-0.1, -0.05) is 46.3 Å². The molecule has 0 aliphatic carbocycles. The zero-order chi connectivity index (χ0) is 13.7. The van der Waals surface area contributed by atoms with Gasteiger partial charge in [-0.3, -0.25) is 11.3 Å². The molecule has 0 aliphatic heterocycles. The topological polar surface area (TPSA) is 38.0 Å². The first kappa shape index (κ1) is 15.0. The Kier molecular flexibility index (Phi) is 5.81. The molecule has 1 unspecified atom stereocenters. The van der Waals surface area contributed by atoms with Gasteiger partial charge in [-0.05, 0) is 64.8 Å². The van der Waals surface area contributed by atoms with Crippen LogP contribution < -0.4 is 11.3 Å². The molecule has 0 amide bonds. The highest BCUT2D eigenvalue weighted by molar-refractivity contribution is 14.1. The molecule has 0 saturated heterocycles. The van der Waals surface area contributed by atoms with E-state index in [9.17, 15) is 0 Å². The van der Waals surface area contributed by atoms with Crippen LogP contribution in [0.2, 0.25) is 0 Å². The number of hydrogen-bond acceptors (Lipinski definition) is 2. The molecule has 0 spiro atoms. The van der Waals surface area contributed by atoms with Crippen molar-refractivity contribution < 1.29 is 0 Å². The Morgan fingerprint density at radius 1 is 1.05 bits per heavy atom. The van der Waals surface area contributed by atoms with Crippen molar-refractivity contribution in [1.29, 1.82) is 0 Å². The molecule has 0 bridgehead atoms. The number of nitrogens with one attached hydrogen (secondary N) is 1. The van der Waals surface area contributed by atoms with Gasteiger partial charge in [0.15, 0.2) is 0 Å². The molecule has 0 aromatic heterocycles. The van der Waals surface area contributed by atoms with Crippen LogP contribution in [0.1, 0.15) is 11.1 Å². The van der Waals surface area contributed by atoms with Gasteiger partial charge in [0.25, 0.3) is 0 Å². The largest absolute Gasteiger partial charge is 0.271 e. The quantitative estimate of drug-likeness (QED) is 0.431. The van der Waals surface area contributed by atoms with Gasteiger partial charge in [0.2, 0.25) is 0 Å². The standard InChI is InChI=1S/C15H16BrIN2/c16-15-4-2-1-3-12(15)10-14(19-18)9-11-5-7-13(17)8-6-11/h1-8,14,19H,9-10,18H2. The molecular formula is C15H16BrIN2. The average Bonchev–Trinajstić information content (AvgIpc) is 2.43. The molecule has 0 saturated carbocycles. The summed E-state index contributed by atoms with van der Waals surface area (Å²) in [6.45, 7) is 0. The number of benzene rings is 2. The highest BCUT2D eigenvalue weighted by atomic mass is 127. The van der Waals surface area contributed by atoms with Crippen LogP contribution in [0.15, 0.2) is 53.0 Å². The summed E-state index contributed by atoms with van der Waals surface area (Å²) in [5.41, 5.74) is 5.49. The summed E-state index contributed by atoms with van der Waals surface area (Å²) < 4.78 is 2.39. The second-order valence-electron chi connectivity index (χ2n) is 4.49. The Morgan fingerprint density at radius 3 is 2.37 bits per heavy atom. The van der Waals surface area contributed by atoms with Gasteiger partial charge < -0.3 is 0 Å². The minimum absolute atomic E-state index is 0.235. The van der Waals surface area contributed by atoms with Gasteiger partial charge in [-0.25, -0.2) is 0 Å². The van der Waals surface area contributed by atoms with Gasteiger partial charge in [0, 0.05) is 14.1 Å². The minimum Gasteiger partial charge on any atom is -0.271 e. The summed E-state index contributed by atoms with van der Waals surface area (Å²) in [6, 6.07) is 17.1. The van der Waals surface area contributed by atoms with Crippen LogP contribution in [0.5, 0.6) is 0 Å². The van der Waals surface area contributed by atoms with E-state index in [0.29, 0.717) is 0 Å². The molecule has 0 radical (unpaired) electrons. The van der Waals surface area contributed by atoms with E-state index in [1.165, 1.54) is 14.7 Å². The van der Waals surface area contributed by atoms with E-state index in [4.69, 9.17) is 5.84 Å². The van der Waals surface area contributed by atoms with Crippen molar-refractivity contribution in [2.24, 2.45) is 5.84 Å². The normalized spacial score (nSPS) is 12.4. The zero-order valence-corrected chi connectivity index (χ0v) is 14.2. The molecule has 2 rings (SSSR count). The Balaban J connectivity index is 2.05. The lowest BCUT2D eigenvalue weighted by Crippen LogP contribution is -2.38. The summed E-state index contributed by atoms with van der Waals surface area (Å²) in [5.74, 6) is 5.68. The van der Waals surface area contributed by atoms with Crippen molar-refractivity contribution in [1.82, 2.24) is 5.43 Å². The third kappa shape index (κ3) is 4.56. The van der Waals surface area contributed by atoms with Crippen molar-refractivity contribution in [3.05, 3.63) is 67.7 Å². The Bertz CT molecular complexity index is 528. The molecule has 4 heteroatoms. The summed E-state index contributed by atoms with van der Waals surface area (Å²) >= 11 is 5.90. The number of nitrogens with two attached hydrogens (primary N) is 1. The lowest BCUT2D eigenvalue weighted by atomic mass is 9.99. The minimum atomic E-state index is 0.235. The average molecular weight is 431 g/mol. The van der Waals surface area contributed by atoms with Crippen LogP contribution in [-0.2, 0) is 12.8 Å². The van der Waals surface area contributed by atoms with Crippen LogP contribution in [-0.4, -0.2) is 6.04 Å². The summed E-state index contributed by atoms with van der Waals surface area (Å²) in [7, 11) is 0. The summed E-state index contributed by atoms with van der Waals surface area (Å²) in [6.07, 6.45) is 1.83. The van der Waals surface area contributed by atoms with Gasteiger partial charge in [0.05, 0.1) is 0 Å². The molecule has 0 aliphatic rings. The predicted molar refractivity (Wildman–Crippen MR) is 91.8 cm³/mol. The fourth-order valence-electron chi connectivity index (χ4n) is 2.02. The Morgan fingerprint density at radius 2 is 1.74 bits per heavy atom. The van der Waals surface area contributed by atoms with Crippen molar-refractivity contribution in [2.75, 3.05) is 0 Å². The molecule has 0 fully saturated rings. The number of rotatable bonds is 5. The van der Waals surface area contributed by atoms with Crippen LogP contribution in [0.25, 0.3) is 0 Å². The lowest BCUT2D eigenvalue weighted by molar-refractivity contribution is 0.522. The van der Waals surface area contributed by atoms with Gasteiger partial charge in [-0.15, -0.1) is 0 Å². The zero-order valence-electron chi connectivity index (χ0n) is 10.4. The van der Waals surface area contributed by atoms with E-state index in [0.717, 1.165) is 17.3 Å². The number of hydrogen-bond donors (Lipinski definition) is 2. The fraction of sp³-hybridized carbons (Fsp3) is 0.200. The van der Waals surface area contributed by atoms with Gasteiger partial charge in [-0.2, -0.15) is 0 Å². The second-order valence-corrected chi connectivity index (χ2v) is 6.59. The Labute approximate surface area is 136 Å². The molecule has 0 heterocycles. The smallest absolute Gasteiger partial charge is 0.0291 e. The molecule has 100 valence electrons. The maximum atomic E-state index is 5.68. The molecular weight excluding hydrogens is 415 g/mol. The fourth-order valence-corrected chi connectivity index (χ4v) is 2.83. The van der Waals surface area contributed by atoms with E-state index < -0.39 is 0 Å². The van der Waals surface area contributed by atoms with Crippen LogP contribution >= 0.6 is 38.5 Å². The van der Waals surface area contributed by atoms with E-state index in [1.54, 1.807) is 0 Å². The lowest BCUT2D eigenvalue weighted by Gasteiger charge is -2.17. The summed E-state index contributed by atoms with van der Waals surface area (Å²) in [4.78, 5) is 0. The molecule has 1 atom stereocenters. The first-order valence-electron chi connectivity index (χ1n) is 6.13. The summed E-state index contributed by atoms with van der Waals surface area (Å²) in [5, 5.41) is 0. The van der Waals surface area contributed by atoms with Gasteiger partial charge >= 0.3 is 0 Å². The van der Waals surface area contributed by atoms with Crippen LogP contribution in [0, 0.1) is 3.57 Å². The molecule has 2 nitrogen and oxygen atoms in total. The van der Waals surface area contributed by atoms with E-state index >= 15 is 0 Å². The maximum absolute atomic E-state index is 5.68. The predicted octanol–water partition coefficient (Wildman–Crippen LogP) is 3.67. The first-order valence-corrected chi connectivity index (χ1v) is 8.00. The monoisotopic (exact) mass is 430 g/mol. The van der Waals surface area contributed by atoms with E-state index in [-0.39, 0.29) is 6.04 Å². The molecule has 3 N–H and O–H groups in total. The van der Waals surface area contributed by atoms with Crippen molar-refractivity contribution >= 4 is 38.5 Å². The van der Waals surface area contributed by atoms with Gasteiger partial charge in [0.1, 0.15) is 0 Å². The van der Waals surface area contributed by atoms with E-state index in [2.05, 4.69) is 86.4 Å². The second kappa shape index (κ2) is 7.38. The number of halogens is 2. The van der Waals surface area contributed by atoms with E-state index in [1.807, 2.05) is 6.07 Å². The van der Waals surface area contributed by atoms with Crippen LogP contribution in [0.4, 0.5) is 0 Å². The highest BCUT2D eigenvalue weighted by Gasteiger charge is 2.10. The van der Waals surface area contributed by atoms with Crippen LogP contribution in [0.3, 0.4) is 0 Å². The highest BCUT2D eigenvalue weighted by Crippen LogP contribution is 2.18. The molecule has 19 heavy (non-hydrogen) atoms. The number of hydrazine groups is 1. The molecule has 2 aromatic carbocycles. The Hall–Kier alpha value is -0.430.